The smallest absolute Gasteiger partial charge is 0.127 e. The SMILES string of the molecule is COc1cccc(OC)c1CN1CCCC(c2[nH]ncc2-c2ccc(C)cc2)C1. The molecule has 152 valence electrons. The maximum atomic E-state index is 5.59. The number of piperidine rings is 1. The molecule has 5 nitrogen and oxygen atoms in total. The summed E-state index contributed by atoms with van der Waals surface area (Å²) in [5.74, 6) is 2.20. The number of rotatable bonds is 6. The van der Waals surface area contributed by atoms with E-state index in [1.54, 1.807) is 14.2 Å². The van der Waals surface area contributed by atoms with Crippen LogP contribution in [0.5, 0.6) is 11.5 Å². The Balaban J connectivity index is 1.55. The maximum Gasteiger partial charge on any atom is 0.127 e. The molecule has 1 fully saturated rings. The van der Waals surface area contributed by atoms with Crippen LogP contribution in [0.3, 0.4) is 0 Å². The highest BCUT2D eigenvalue weighted by atomic mass is 16.5. The van der Waals surface area contributed by atoms with Crippen molar-refractivity contribution in [1.82, 2.24) is 15.1 Å². The number of aromatic nitrogens is 2. The Bertz CT molecular complexity index is 927. The Morgan fingerprint density at radius 3 is 2.48 bits per heavy atom. The molecular formula is C24H29N3O2. The van der Waals surface area contributed by atoms with E-state index in [0.717, 1.165) is 43.1 Å². The van der Waals surface area contributed by atoms with Gasteiger partial charge in [0.1, 0.15) is 11.5 Å². The third kappa shape index (κ3) is 4.15. The molecule has 29 heavy (non-hydrogen) atoms. The molecule has 1 atom stereocenters. The van der Waals surface area contributed by atoms with Crippen LogP contribution in [0.4, 0.5) is 0 Å². The number of methoxy groups -OCH3 is 2. The van der Waals surface area contributed by atoms with Gasteiger partial charge >= 0.3 is 0 Å². The molecule has 0 bridgehead atoms. The van der Waals surface area contributed by atoms with Gasteiger partial charge in [-0.1, -0.05) is 35.9 Å². The number of likely N-dealkylation sites (tertiary alicyclic amines) is 1. The summed E-state index contributed by atoms with van der Waals surface area (Å²) in [4.78, 5) is 2.49. The van der Waals surface area contributed by atoms with Crippen molar-refractivity contribution in [3.05, 3.63) is 65.5 Å². The molecule has 0 saturated carbocycles. The third-order valence-electron chi connectivity index (χ3n) is 5.86. The van der Waals surface area contributed by atoms with Crippen molar-refractivity contribution in [2.75, 3.05) is 27.3 Å². The Morgan fingerprint density at radius 2 is 1.79 bits per heavy atom. The summed E-state index contributed by atoms with van der Waals surface area (Å²) in [6, 6.07) is 14.7. The highest BCUT2D eigenvalue weighted by molar-refractivity contribution is 5.66. The molecule has 3 aromatic rings. The molecular weight excluding hydrogens is 362 g/mol. The van der Waals surface area contributed by atoms with Crippen molar-refractivity contribution in [3.63, 3.8) is 0 Å². The lowest BCUT2D eigenvalue weighted by molar-refractivity contribution is 0.194. The van der Waals surface area contributed by atoms with Crippen molar-refractivity contribution < 1.29 is 9.47 Å². The molecule has 0 spiro atoms. The van der Waals surface area contributed by atoms with Gasteiger partial charge in [-0.05, 0) is 44.0 Å². The lowest BCUT2D eigenvalue weighted by atomic mass is 9.90. The van der Waals surface area contributed by atoms with Gasteiger partial charge in [-0.15, -0.1) is 0 Å². The molecule has 1 saturated heterocycles. The molecule has 1 aromatic heterocycles. The average Bonchev–Trinajstić information content (AvgIpc) is 3.24. The first-order valence-corrected chi connectivity index (χ1v) is 10.2. The van der Waals surface area contributed by atoms with Gasteiger partial charge in [0.25, 0.3) is 0 Å². The van der Waals surface area contributed by atoms with Crippen LogP contribution < -0.4 is 9.47 Å². The van der Waals surface area contributed by atoms with Gasteiger partial charge in [-0.3, -0.25) is 10.00 Å². The van der Waals surface area contributed by atoms with Gasteiger partial charge in [0.15, 0.2) is 0 Å². The minimum Gasteiger partial charge on any atom is -0.496 e. The average molecular weight is 392 g/mol. The van der Waals surface area contributed by atoms with E-state index in [1.165, 1.54) is 28.8 Å². The predicted octanol–water partition coefficient (Wildman–Crippen LogP) is 4.78. The molecule has 0 aliphatic carbocycles. The topological polar surface area (TPSA) is 50.4 Å². The standard InChI is InChI=1S/C24H29N3O2/c1-17-9-11-18(12-10-17)20-14-25-26-24(20)19-6-5-13-27(15-19)16-21-22(28-2)7-4-8-23(21)29-3/h4,7-12,14,19H,5-6,13,15-16H2,1-3H3,(H,25,26). The van der Waals surface area contributed by atoms with Crippen molar-refractivity contribution in [3.8, 4) is 22.6 Å². The van der Waals surface area contributed by atoms with Crippen LogP contribution in [-0.2, 0) is 6.54 Å². The van der Waals surface area contributed by atoms with Crippen molar-refractivity contribution >= 4 is 0 Å². The van der Waals surface area contributed by atoms with Crippen LogP contribution in [0.15, 0.2) is 48.7 Å². The second-order valence-corrected chi connectivity index (χ2v) is 7.78. The zero-order valence-corrected chi connectivity index (χ0v) is 17.4. The van der Waals surface area contributed by atoms with E-state index in [2.05, 4.69) is 46.3 Å². The summed E-state index contributed by atoms with van der Waals surface area (Å²) in [6.07, 6.45) is 4.29. The number of nitrogens with one attached hydrogen (secondary N) is 1. The first-order valence-electron chi connectivity index (χ1n) is 10.2. The summed E-state index contributed by atoms with van der Waals surface area (Å²) in [7, 11) is 3.44. The quantitative estimate of drug-likeness (QED) is 0.657. The summed E-state index contributed by atoms with van der Waals surface area (Å²) >= 11 is 0. The molecule has 2 aromatic carbocycles. The van der Waals surface area contributed by atoms with E-state index in [-0.39, 0.29) is 0 Å². The molecule has 1 aliphatic rings. The Labute approximate surface area is 172 Å². The van der Waals surface area contributed by atoms with Crippen LogP contribution in [0, 0.1) is 6.92 Å². The zero-order chi connectivity index (χ0) is 20.2. The second kappa shape index (κ2) is 8.70. The van der Waals surface area contributed by atoms with Gasteiger partial charge < -0.3 is 9.47 Å². The summed E-state index contributed by atoms with van der Waals surface area (Å²) < 4.78 is 11.2. The molecule has 5 heteroatoms. The van der Waals surface area contributed by atoms with Gasteiger partial charge in [-0.2, -0.15) is 5.10 Å². The van der Waals surface area contributed by atoms with Gasteiger partial charge in [0.05, 0.1) is 26.0 Å². The van der Waals surface area contributed by atoms with Crippen LogP contribution in [0.1, 0.15) is 35.6 Å². The van der Waals surface area contributed by atoms with E-state index in [4.69, 9.17) is 9.47 Å². The number of aromatic amines is 1. The van der Waals surface area contributed by atoms with E-state index in [0.29, 0.717) is 5.92 Å². The largest absolute Gasteiger partial charge is 0.496 e. The van der Waals surface area contributed by atoms with E-state index in [9.17, 15) is 0 Å². The molecule has 4 rings (SSSR count). The number of nitrogens with zero attached hydrogens (tertiary/aromatic N) is 2. The van der Waals surface area contributed by atoms with E-state index in [1.807, 2.05) is 24.4 Å². The van der Waals surface area contributed by atoms with Crippen molar-refractivity contribution in [2.24, 2.45) is 0 Å². The minimum atomic E-state index is 0.434. The number of H-pyrrole nitrogens is 1. The predicted molar refractivity (Wildman–Crippen MR) is 116 cm³/mol. The van der Waals surface area contributed by atoms with E-state index < -0.39 is 0 Å². The van der Waals surface area contributed by atoms with Crippen LogP contribution >= 0.6 is 0 Å². The number of ether oxygens (including phenoxy) is 2. The minimum absolute atomic E-state index is 0.434. The van der Waals surface area contributed by atoms with Gasteiger partial charge in [-0.25, -0.2) is 0 Å². The van der Waals surface area contributed by atoms with Crippen molar-refractivity contribution in [2.45, 2.75) is 32.2 Å². The number of hydrogen-bond acceptors (Lipinski definition) is 4. The lowest BCUT2D eigenvalue weighted by Crippen LogP contribution is -2.34. The van der Waals surface area contributed by atoms with Gasteiger partial charge in [0, 0.05) is 30.3 Å². The van der Waals surface area contributed by atoms with Crippen LogP contribution in [0.2, 0.25) is 0 Å². The number of aryl methyl sites for hydroxylation is 1. The highest BCUT2D eigenvalue weighted by Crippen LogP contribution is 2.35. The molecule has 2 heterocycles. The third-order valence-corrected chi connectivity index (χ3v) is 5.86. The van der Waals surface area contributed by atoms with Crippen LogP contribution in [-0.4, -0.2) is 42.4 Å². The van der Waals surface area contributed by atoms with Gasteiger partial charge in [0.2, 0.25) is 0 Å². The Hall–Kier alpha value is -2.79. The Kier molecular flexibility index (Phi) is 5.86. The summed E-state index contributed by atoms with van der Waals surface area (Å²) in [6.45, 7) is 5.00. The molecule has 1 N–H and O–H groups in total. The number of benzene rings is 2. The first kappa shape index (κ1) is 19.5. The fourth-order valence-corrected chi connectivity index (χ4v) is 4.31. The van der Waals surface area contributed by atoms with Crippen molar-refractivity contribution in [1.29, 1.82) is 0 Å². The summed E-state index contributed by atoms with van der Waals surface area (Å²) in [5.41, 5.74) is 6.06. The lowest BCUT2D eigenvalue weighted by Gasteiger charge is -2.33. The highest BCUT2D eigenvalue weighted by Gasteiger charge is 2.26. The fourth-order valence-electron chi connectivity index (χ4n) is 4.31. The molecule has 1 unspecified atom stereocenters. The first-order chi connectivity index (χ1) is 14.2. The van der Waals surface area contributed by atoms with Crippen LogP contribution in [0.25, 0.3) is 11.1 Å². The fraction of sp³-hybridized carbons (Fsp3) is 0.375. The maximum absolute atomic E-state index is 5.59. The molecule has 1 aliphatic heterocycles. The summed E-state index contributed by atoms with van der Waals surface area (Å²) in [5, 5.41) is 7.67. The Morgan fingerprint density at radius 1 is 1.07 bits per heavy atom. The number of hydrogen-bond donors (Lipinski definition) is 1. The molecule has 0 radical (unpaired) electrons. The second-order valence-electron chi connectivity index (χ2n) is 7.78. The normalized spacial score (nSPS) is 17.3. The molecule has 0 amide bonds. The zero-order valence-electron chi connectivity index (χ0n) is 17.4. The van der Waals surface area contributed by atoms with E-state index >= 15 is 0 Å². The monoisotopic (exact) mass is 391 g/mol.